The Morgan fingerprint density at radius 1 is 1.13 bits per heavy atom. The van der Waals surface area contributed by atoms with Crippen molar-refractivity contribution in [1.82, 2.24) is 0 Å². The zero-order valence-electron chi connectivity index (χ0n) is 7.74. The summed E-state index contributed by atoms with van der Waals surface area (Å²) in [6, 6.07) is 1.73. The highest BCUT2D eigenvalue weighted by molar-refractivity contribution is 5.54. The quantitative estimate of drug-likeness (QED) is 0.576. The lowest BCUT2D eigenvalue weighted by Gasteiger charge is -2.17. The molecule has 0 fully saturated rings. The molecule has 0 atom stereocenters. The van der Waals surface area contributed by atoms with Crippen molar-refractivity contribution in [2.75, 3.05) is 6.54 Å². The lowest BCUT2D eigenvalue weighted by Crippen LogP contribution is -2.18. The maximum absolute atomic E-state index is 13.3. The van der Waals surface area contributed by atoms with Crippen LogP contribution in [0.3, 0.4) is 0 Å². The zero-order valence-corrected chi connectivity index (χ0v) is 7.74. The van der Waals surface area contributed by atoms with Crippen LogP contribution in [-0.4, -0.2) is 21.9 Å². The van der Waals surface area contributed by atoms with Crippen molar-refractivity contribution in [2.24, 2.45) is 5.73 Å². The summed E-state index contributed by atoms with van der Waals surface area (Å²) in [7, 11) is 0. The molecule has 15 heavy (non-hydrogen) atoms. The largest absolute Gasteiger partial charge is 0.504 e. The number of nitrogens with two attached hydrogens (primary N) is 1. The predicted molar refractivity (Wildman–Crippen MR) is 49.0 cm³/mol. The van der Waals surface area contributed by atoms with Crippen molar-refractivity contribution in [3.05, 3.63) is 17.7 Å². The van der Waals surface area contributed by atoms with Crippen LogP contribution in [-0.2, 0) is 5.92 Å². The Morgan fingerprint density at radius 2 is 1.73 bits per heavy atom. The second kappa shape index (κ2) is 3.90. The molecule has 0 heterocycles. The summed E-state index contributed by atoms with van der Waals surface area (Å²) >= 11 is 0. The molecule has 1 rings (SSSR count). The van der Waals surface area contributed by atoms with Crippen LogP contribution >= 0.6 is 0 Å². The first kappa shape index (κ1) is 11.5. The first-order valence-corrected chi connectivity index (χ1v) is 4.22. The molecule has 84 valence electrons. The van der Waals surface area contributed by atoms with Crippen molar-refractivity contribution in [3.63, 3.8) is 0 Å². The zero-order chi connectivity index (χ0) is 11.6. The van der Waals surface area contributed by atoms with Crippen LogP contribution in [0.25, 0.3) is 0 Å². The fourth-order valence-corrected chi connectivity index (χ4v) is 1.18. The lowest BCUT2D eigenvalue weighted by atomic mass is 10.0. The van der Waals surface area contributed by atoms with Crippen molar-refractivity contribution >= 4 is 0 Å². The van der Waals surface area contributed by atoms with Gasteiger partial charge in [0.15, 0.2) is 11.5 Å². The molecule has 1 aromatic rings. The summed E-state index contributed by atoms with van der Waals surface area (Å²) in [6.45, 7) is -0.256. The standard InChI is InChI=1S/C9H11F2NO3/c10-9(11,3-4-12)5-1-2-6(13)8(15)7(5)14/h1-2,13-15H,3-4,12H2. The van der Waals surface area contributed by atoms with E-state index < -0.39 is 35.2 Å². The van der Waals surface area contributed by atoms with Gasteiger partial charge >= 0.3 is 0 Å². The van der Waals surface area contributed by atoms with Gasteiger partial charge in [0.25, 0.3) is 5.92 Å². The highest BCUT2D eigenvalue weighted by Crippen LogP contribution is 2.44. The van der Waals surface area contributed by atoms with Crippen LogP contribution < -0.4 is 5.73 Å². The molecule has 0 saturated heterocycles. The number of halogens is 2. The maximum atomic E-state index is 13.3. The number of aromatic hydroxyl groups is 3. The van der Waals surface area contributed by atoms with Gasteiger partial charge in [-0.15, -0.1) is 0 Å². The van der Waals surface area contributed by atoms with Crippen LogP contribution in [0.15, 0.2) is 12.1 Å². The van der Waals surface area contributed by atoms with Gasteiger partial charge in [0, 0.05) is 6.42 Å². The van der Waals surface area contributed by atoms with E-state index in [1.807, 2.05) is 0 Å². The second-order valence-corrected chi connectivity index (χ2v) is 3.07. The Bertz CT molecular complexity index is 369. The number of phenolic OH excluding ortho intramolecular Hbond substituents is 3. The fourth-order valence-electron chi connectivity index (χ4n) is 1.18. The Labute approximate surface area is 84.6 Å². The summed E-state index contributed by atoms with van der Waals surface area (Å²) in [5.41, 5.74) is 4.25. The molecule has 0 aliphatic rings. The summed E-state index contributed by atoms with van der Waals surface area (Å²) in [6.07, 6.45) is -0.648. The van der Waals surface area contributed by atoms with Crippen molar-refractivity contribution in [3.8, 4) is 17.2 Å². The first-order valence-electron chi connectivity index (χ1n) is 4.22. The number of alkyl halides is 2. The molecule has 0 spiro atoms. The topological polar surface area (TPSA) is 86.7 Å². The molecule has 0 aromatic heterocycles. The molecule has 0 unspecified atom stereocenters. The van der Waals surface area contributed by atoms with Crippen molar-refractivity contribution in [2.45, 2.75) is 12.3 Å². The van der Waals surface area contributed by atoms with Gasteiger partial charge in [0.05, 0.1) is 5.56 Å². The predicted octanol–water partition coefficient (Wildman–Crippen LogP) is 1.24. The van der Waals surface area contributed by atoms with Crippen LogP contribution in [0.5, 0.6) is 17.2 Å². The van der Waals surface area contributed by atoms with E-state index in [1.165, 1.54) is 0 Å². The van der Waals surface area contributed by atoms with Crippen molar-refractivity contribution < 1.29 is 24.1 Å². The Morgan fingerprint density at radius 3 is 2.27 bits per heavy atom. The number of hydrogen-bond acceptors (Lipinski definition) is 4. The number of hydrogen-bond donors (Lipinski definition) is 4. The molecule has 5 N–H and O–H groups in total. The summed E-state index contributed by atoms with van der Waals surface area (Å²) < 4.78 is 26.6. The van der Waals surface area contributed by atoms with E-state index in [9.17, 15) is 13.9 Å². The molecule has 4 nitrogen and oxygen atoms in total. The van der Waals surface area contributed by atoms with E-state index >= 15 is 0 Å². The van der Waals surface area contributed by atoms with Crippen molar-refractivity contribution in [1.29, 1.82) is 0 Å². The summed E-state index contributed by atoms with van der Waals surface area (Å²) in [5, 5.41) is 27.2. The molecule has 0 radical (unpaired) electrons. The van der Waals surface area contributed by atoms with Crippen LogP contribution in [0.2, 0.25) is 0 Å². The van der Waals surface area contributed by atoms with Gasteiger partial charge in [-0.05, 0) is 18.7 Å². The monoisotopic (exact) mass is 219 g/mol. The first-order chi connectivity index (χ1) is 6.90. The minimum absolute atomic E-state index is 0.256. The summed E-state index contributed by atoms with van der Waals surface area (Å²) in [4.78, 5) is 0. The van der Waals surface area contributed by atoms with Crippen LogP contribution in [0.4, 0.5) is 8.78 Å². The van der Waals surface area contributed by atoms with Crippen LogP contribution in [0, 0.1) is 0 Å². The third-order valence-corrected chi connectivity index (χ3v) is 1.98. The van der Waals surface area contributed by atoms with Gasteiger partial charge in [-0.3, -0.25) is 0 Å². The maximum Gasteiger partial charge on any atom is 0.278 e. The Balaban J connectivity index is 3.21. The van der Waals surface area contributed by atoms with E-state index in [0.29, 0.717) is 0 Å². The molecule has 0 aliphatic heterocycles. The van der Waals surface area contributed by atoms with Gasteiger partial charge in [-0.1, -0.05) is 0 Å². The number of rotatable bonds is 3. The number of benzene rings is 1. The van der Waals surface area contributed by atoms with Gasteiger partial charge in [0.1, 0.15) is 0 Å². The molecule has 0 bridgehead atoms. The molecule has 1 aromatic carbocycles. The smallest absolute Gasteiger partial charge is 0.278 e. The molecule has 0 amide bonds. The average Bonchev–Trinajstić information content (AvgIpc) is 2.13. The van der Waals surface area contributed by atoms with Gasteiger partial charge in [-0.25, -0.2) is 8.78 Å². The van der Waals surface area contributed by atoms with Gasteiger partial charge in [0.2, 0.25) is 5.75 Å². The minimum Gasteiger partial charge on any atom is -0.504 e. The highest BCUT2D eigenvalue weighted by atomic mass is 19.3. The Hall–Kier alpha value is -1.56. The third-order valence-electron chi connectivity index (χ3n) is 1.98. The molecule has 0 saturated carbocycles. The molecular weight excluding hydrogens is 208 g/mol. The molecule has 0 aliphatic carbocycles. The van der Waals surface area contributed by atoms with Gasteiger partial charge in [-0.2, -0.15) is 0 Å². The normalized spacial score (nSPS) is 11.7. The van der Waals surface area contributed by atoms with E-state index in [1.54, 1.807) is 0 Å². The molecule has 6 heteroatoms. The van der Waals surface area contributed by atoms with E-state index in [0.717, 1.165) is 12.1 Å². The SMILES string of the molecule is NCCC(F)(F)c1ccc(O)c(O)c1O. The van der Waals surface area contributed by atoms with Gasteiger partial charge < -0.3 is 21.1 Å². The van der Waals surface area contributed by atoms with Crippen LogP contribution in [0.1, 0.15) is 12.0 Å². The lowest BCUT2D eigenvalue weighted by molar-refractivity contribution is -0.0130. The minimum atomic E-state index is -3.33. The van der Waals surface area contributed by atoms with E-state index in [-0.39, 0.29) is 6.54 Å². The third kappa shape index (κ3) is 2.10. The highest BCUT2D eigenvalue weighted by Gasteiger charge is 2.35. The second-order valence-electron chi connectivity index (χ2n) is 3.07. The number of phenols is 3. The molecular formula is C9H11F2NO3. The summed E-state index contributed by atoms with van der Waals surface area (Å²) in [5.74, 6) is -5.96. The average molecular weight is 219 g/mol. The Kier molecular flexibility index (Phi) is 2.99. The van der Waals surface area contributed by atoms with E-state index in [4.69, 9.17) is 15.9 Å². The van der Waals surface area contributed by atoms with E-state index in [2.05, 4.69) is 0 Å². The fraction of sp³-hybridized carbons (Fsp3) is 0.333.